The summed E-state index contributed by atoms with van der Waals surface area (Å²) >= 11 is 0. The summed E-state index contributed by atoms with van der Waals surface area (Å²) < 4.78 is 33.0. The van der Waals surface area contributed by atoms with Crippen molar-refractivity contribution in [1.82, 2.24) is 9.29 Å². The van der Waals surface area contributed by atoms with Gasteiger partial charge in [-0.1, -0.05) is 30.3 Å². The third-order valence-electron chi connectivity index (χ3n) is 4.42. The first-order chi connectivity index (χ1) is 11.6. The smallest absolute Gasteiger partial charge is 0.243 e. The average molecular weight is 342 g/mol. The van der Waals surface area contributed by atoms with E-state index in [2.05, 4.69) is 4.98 Å². The molecule has 5 nitrogen and oxygen atoms in total. The Morgan fingerprint density at radius 3 is 2.58 bits per heavy atom. The zero-order chi connectivity index (χ0) is 16.6. The van der Waals surface area contributed by atoms with Gasteiger partial charge in [-0.05, 0) is 37.1 Å². The number of hydrogen-bond acceptors (Lipinski definition) is 4. The topological polar surface area (TPSA) is 63.4 Å². The monoisotopic (exact) mass is 342 g/mol. The molecule has 4 rings (SSSR count). The lowest BCUT2D eigenvalue weighted by molar-refractivity contribution is 0.288. The second kappa shape index (κ2) is 6.03. The highest BCUT2D eigenvalue weighted by Gasteiger charge is 2.32. The Labute approximate surface area is 141 Å². The Bertz CT molecular complexity index is 918. The van der Waals surface area contributed by atoms with Crippen molar-refractivity contribution in [3.8, 4) is 0 Å². The van der Waals surface area contributed by atoms with Gasteiger partial charge in [0.25, 0.3) is 0 Å². The number of oxazole rings is 1. The summed E-state index contributed by atoms with van der Waals surface area (Å²) in [4.78, 5) is 4.87. The van der Waals surface area contributed by atoms with Crippen molar-refractivity contribution in [2.75, 3.05) is 13.1 Å². The molecule has 6 heteroatoms. The molecule has 1 unspecified atom stereocenters. The molecule has 0 radical (unpaired) electrons. The Morgan fingerprint density at radius 1 is 1.04 bits per heavy atom. The first-order valence-corrected chi connectivity index (χ1v) is 9.49. The number of rotatable bonds is 3. The van der Waals surface area contributed by atoms with Crippen molar-refractivity contribution >= 4 is 21.1 Å². The van der Waals surface area contributed by atoms with Crippen molar-refractivity contribution < 1.29 is 12.8 Å². The summed E-state index contributed by atoms with van der Waals surface area (Å²) in [6.07, 6.45) is 1.68. The molecule has 124 valence electrons. The lowest BCUT2D eigenvalue weighted by atomic mass is 10.00. The fourth-order valence-corrected chi connectivity index (χ4v) is 4.71. The molecule has 2 heterocycles. The van der Waals surface area contributed by atoms with Crippen LogP contribution in [0, 0.1) is 0 Å². The van der Waals surface area contributed by atoms with Crippen LogP contribution in [0.5, 0.6) is 0 Å². The highest BCUT2D eigenvalue weighted by atomic mass is 32.2. The van der Waals surface area contributed by atoms with Crippen LogP contribution < -0.4 is 0 Å². The molecule has 2 aromatic carbocycles. The minimum Gasteiger partial charge on any atom is -0.440 e. The molecule has 0 aliphatic carbocycles. The van der Waals surface area contributed by atoms with Crippen LogP contribution >= 0.6 is 0 Å². The predicted molar refractivity (Wildman–Crippen MR) is 91.2 cm³/mol. The summed E-state index contributed by atoms with van der Waals surface area (Å²) in [5, 5.41) is 0. The molecule has 1 aromatic heterocycles. The standard InChI is InChI=1S/C18H18N2O3S/c21-24(22,15-8-2-1-3-9-15)20-12-6-7-14(13-20)18-19-16-10-4-5-11-17(16)23-18/h1-5,8-11,14H,6-7,12-13H2. The number of piperidine rings is 1. The number of sulfonamides is 1. The van der Waals surface area contributed by atoms with Gasteiger partial charge >= 0.3 is 0 Å². The van der Waals surface area contributed by atoms with Gasteiger partial charge in [0.2, 0.25) is 10.0 Å². The SMILES string of the molecule is O=S(=O)(c1ccccc1)N1CCCC(c2nc3ccccc3o2)C1. The molecule has 1 fully saturated rings. The van der Waals surface area contributed by atoms with E-state index < -0.39 is 10.0 Å². The third-order valence-corrected chi connectivity index (χ3v) is 6.30. The van der Waals surface area contributed by atoms with E-state index in [1.165, 1.54) is 0 Å². The molecule has 1 aliphatic rings. The van der Waals surface area contributed by atoms with Crippen molar-refractivity contribution in [3.05, 3.63) is 60.5 Å². The van der Waals surface area contributed by atoms with Crippen LogP contribution in [-0.4, -0.2) is 30.8 Å². The highest BCUT2D eigenvalue weighted by molar-refractivity contribution is 7.89. The molecule has 24 heavy (non-hydrogen) atoms. The van der Waals surface area contributed by atoms with Gasteiger partial charge < -0.3 is 4.42 Å². The van der Waals surface area contributed by atoms with Gasteiger partial charge in [0.05, 0.1) is 4.90 Å². The Balaban J connectivity index is 1.62. The minimum atomic E-state index is -3.47. The molecule has 0 saturated carbocycles. The van der Waals surface area contributed by atoms with E-state index in [-0.39, 0.29) is 5.92 Å². The summed E-state index contributed by atoms with van der Waals surface area (Å²) in [7, 11) is -3.47. The van der Waals surface area contributed by atoms with Crippen molar-refractivity contribution in [2.45, 2.75) is 23.7 Å². The number of aromatic nitrogens is 1. The molecular weight excluding hydrogens is 324 g/mol. The minimum absolute atomic E-state index is 0.00960. The highest BCUT2D eigenvalue weighted by Crippen LogP contribution is 2.31. The van der Waals surface area contributed by atoms with Gasteiger partial charge in [0.15, 0.2) is 11.5 Å². The van der Waals surface area contributed by atoms with Crippen LogP contribution in [0.2, 0.25) is 0 Å². The molecule has 1 saturated heterocycles. The third kappa shape index (κ3) is 2.72. The molecular formula is C18H18N2O3S. The Morgan fingerprint density at radius 2 is 1.79 bits per heavy atom. The van der Waals surface area contributed by atoms with E-state index in [1.807, 2.05) is 30.3 Å². The fourth-order valence-electron chi connectivity index (χ4n) is 3.17. The van der Waals surface area contributed by atoms with Crippen LogP contribution in [0.3, 0.4) is 0 Å². The van der Waals surface area contributed by atoms with Crippen molar-refractivity contribution in [1.29, 1.82) is 0 Å². The van der Waals surface area contributed by atoms with Gasteiger partial charge in [-0.25, -0.2) is 13.4 Å². The number of benzene rings is 2. The van der Waals surface area contributed by atoms with E-state index in [4.69, 9.17) is 4.42 Å². The Hall–Kier alpha value is -2.18. The predicted octanol–water partition coefficient (Wildman–Crippen LogP) is 3.40. The van der Waals surface area contributed by atoms with E-state index in [9.17, 15) is 8.42 Å². The summed E-state index contributed by atoms with van der Waals surface area (Å²) in [6.45, 7) is 0.942. The van der Waals surface area contributed by atoms with Crippen LogP contribution in [0.1, 0.15) is 24.7 Å². The summed E-state index contributed by atoms with van der Waals surface area (Å²) in [5.41, 5.74) is 1.56. The van der Waals surface area contributed by atoms with Crippen LogP contribution in [0.4, 0.5) is 0 Å². The number of fused-ring (bicyclic) bond motifs is 1. The zero-order valence-corrected chi connectivity index (χ0v) is 13.9. The number of para-hydroxylation sites is 2. The quantitative estimate of drug-likeness (QED) is 0.732. The van der Waals surface area contributed by atoms with Gasteiger partial charge in [-0.2, -0.15) is 4.31 Å². The second-order valence-corrected chi connectivity index (χ2v) is 7.97. The maximum atomic E-state index is 12.8. The first kappa shape index (κ1) is 15.4. The number of nitrogens with zero attached hydrogens (tertiary/aromatic N) is 2. The van der Waals surface area contributed by atoms with Gasteiger partial charge in [0, 0.05) is 19.0 Å². The van der Waals surface area contributed by atoms with Crippen molar-refractivity contribution in [2.24, 2.45) is 0 Å². The first-order valence-electron chi connectivity index (χ1n) is 8.05. The lowest BCUT2D eigenvalue weighted by Crippen LogP contribution is -2.39. The lowest BCUT2D eigenvalue weighted by Gasteiger charge is -2.30. The molecule has 0 N–H and O–H groups in total. The molecule has 1 atom stereocenters. The van der Waals surface area contributed by atoms with Gasteiger partial charge in [-0.3, -0.25) is 0 Å². The fraction of sp³-hybridized carbons (Fsp3) is 0.278. The summed E-state index contributed by atoms with van der Waals surface area (Å²) in [5.74, 6) is 0.619. The van der Waals surface area contributed by atoms with Gasteiger partial charge in [-0.15, -0.1) is 0 Å². The summed E-state index contributed by atoms with van der Waals surface area (Å²) in [6, 6.07) is 16.2. The normalized spacial score (nSPS) is 19.6. The maximum absolute atomic E-state index is 12.8. The Kier molecular flexibility index (Phi) is 3.86. The zero-order valence-electron chi connectivity index (χ0n) is 13.1. The average Bonchev–Trinajstić information content (AvgIpc) is 3.07. The molecule has 0 amide bonds. The van der Waals surface area contributed by atoms with Gasteiger partial charge in [0.1, 0.15) is 5.52 Å². The second-order valence-electron chi connectivity index (χ2n) is 6.04. The molecule has 1 aliphatic heterocycles. The maximum Gasteiger partial charge on any atom is 0.243 e. The van der Waals surface area contributed by atoms with Crippen LogP contribution in [0.15, 0.2) is 63.9 Å². The van der Waals surface area contributed by atoms with E-state index in [0.717, 1.165) is 23.9 Å². The van der Waals surface area contributed by atoms with Crippen molar-refractivity contribution in [3.63, 3.8) is 0 Å². The largest absolute Gasteiger partial charge is 0.440 e. The van der Waals surface area contributed by atoms with Crippen LogP contribution in [0.25, 0.3) is 11.1 Å². The van der Waals surface area contributed by atoms with Crippen LogP contribution in [-0.2, 0) is 10.0 Å². The van der Waals surface area contributed by atoms with E-state index in [0.29, 0.717) is 23.9 Å². The van der Waals surface area contributed by atoms with E-state index in [1.54, 1.807) is 28.6 Å². The number of hydrogen-bond donors (Lipinski definition) is 0. The van der Waals surface area contributed by atoms with E-state index >= 15 is 0 Å². The molecule has 3 aromatic rings. The molecule has 0 spiro atoms. The molecule has 0 bridgehead atoms.